The Bertz CT molecular complexity index is 277. The SMILES string of the molecule is Cl.NCc1cncc(C(N)=O)c1. The van der Waals surface area contributed by atoms with Crippen LogP contribution in [0.1, 0.15) is 15.9 Å². The Labute approximate surface area is 76.4 Å². The molecule has 0 unspecified atom stereocenters. The Morgan fingerprint density at radius 3 is 2.67 bits per heavy atom. The van der Waals surface area contributed by atoms with Crippen LogP contribution in [0.5, 0.6) is 0 Å². The summed E-state index contributed by atoms with van der Waals surface area (Å²) in [6.45, 7) is 0.369. The highest BCUT2D eigenvalue weighted by Gasteiger charge is 1.99. The molecule has 0 aliphatic rings. The van der Waals surface area contributed by atoms with Crippen molar-refractivity contribution in [2.45, 2.75) is 6.54 Å². The molecule has 0 fully saturated rings. The number of aromatic nitrogens is 1. The minimum absolute atomic E-state index is 0. The predicted molar refractivity (Wildman–Crippen MR) is 47.9 cm³/mol. The van der Waals surface area contributed by atoms with Gasteiger partial charge >= 0.3 is 0 Å². The second-order valence-corrected chi connectivity index (χ2v) is 2.15. The van der Waals surface area contributed by atoms with Crippen LogP contribution < -0.4 is 11.5 Å². The fourth-order valence-corrected chi connectivity index (χ4v) is 0.734. The van der Waals surface area contributed by atoms with Gasteiger partial charge in [0.15, 0.2) is 0 Å². The lowest BCUT2D eigenvalue weighted by molar-refractivity contribution is 0.1000. The van der Waals surface area contributed by atoms with Crippen LogP contribution in [0, 0.1) is 0 Å². The van der Waals surface area contributed by atoms with E-state index in [1.165, 1.54) is 6.20 Å². The minimum Gasteiger partial charge on any atom is -0.366 e. The highest BCUT2D eigenvalue weighted by atomic mass is 35.5. The average molecular weight is 188 g/mol. The summed E-state index contributed by atoms with van der Waals surface area (Å²) in [4.78, 5) is 14.4. The molecule has 0 saturated carbocycles. The fraction of sp³-hybridized carbons (Fsp3) is 0.143. The van der Waals surface area contributed by atoms with Crippen molar-refractivity contribution in [1.82, 2.24) is 4.98 Å². The molecule has 0 radical (unpaired) electrons. The number of carbonyl (C=O) groups is 1. The molecular weight excluding hydrogens is 178 g/mol. The maximum Gasteiger partial charge on any atom is 0.250 e. The highest BCUT2D eigenvalue weighted by Crippen LogP contribution is 1.99. The number of primary amides is 1. The van der Waals surface area contributed by atoms with E-state index in [1.807, 2.05) is 0 Å². The van der Waals surface area contributed by atoms with E-state index in [-0.39, 0.29) is 12.4 Å². The van der Waals surface area contributed by atoms with Crippen LogP contribution in [0.2, 0.25) is 0 Å². The van der Waals surface area contributed by atoms with Crippen molar-refractivity contribution in [2.24, 2.45) is 11.5 Å². The zero-order chi connectivity index (χ0) is 8.27. The summed E-state index contributed by atoms with van der Waals surface area (Å²) in [5, 5.41) is 0. The van der Waals surface area contributed by atoms with Crippen molar-refractivity contribution in [1.29, 1.82) is 0 Å². The third-order valence-electron chi connectivity index (χ3n) is 1.32. The Balaban J connectivity index is 0.00000121. The van der Waals surface area contributed by atoms with Gasteiger partial charge in [-0.05, 0) is 11.6 Å². The van der Waals surface area contributed by atoms with Crippen molar-refractivity contribution in [2.75, 3.05) is 0 Å². The molecule has 4 N–H and O–H groups in total. The number of halogens is 1. The first-order valence-corrected chi connectivity index (χ1v) is 3.18. The quantitative estimate of drug-likeness (QED) is 0.687. The number of rotatable bonds is 2. The number of hydrogen-bond donors (Lipinski definition) is 2. The molecule has 0 saturated heterocycles. The molecule has 1 aromatic rings. The van der Waals surface area contributed by atoms with Crippen LogP contribution >= 0.6 is 12.4 Å². The zero-order valence-corrected chi connectivity index (χ0v) is 7.17. The lowest BCUT2D eigenvalue weighted by Crippen LogP contribution is -2.12. The highest BCUT2D eigenvalue weighted by molar-refractivity contribution is 5.92. The number of carbonyl (C=O) groups excluding carboxylic acids is 1. The van der Waals surface area contributed by atoms with E-state index in [0.29, 0.717) is 12.1 Å². The molecule has 1 rings (SSSR count). The number of amides is 1. The van der Waals surface area contributed by atoms with Gasteiger partial charge in [-0.1, -0.05) is 0 Å². The smallest absolute Gasteiger partial charge is 0.250 e. The molecule has 0 bridgehead atoms. The average Bonchev–Trinajstić information content (AvgIpc) is 2.05. The second-order valence-electron chi connectivity index (χ2n) is 2.15. The number of hydrogen-bond acceptors (Lipinski definition) is 3. The number of nitrogens with zero attached hydrogens (tertiary/aromatic N) is 1. The van der Waals surface area contributed by atoms with Gasteiger partial charge < -0.3 is 11.5 Å². The molecule has 5 heteroatoms. The molecule has 1 amide bonds. The van der Waals surface area contributed by atoms with E-state index in [4.69, 9.17) is 11.5 Å². The molecule has 12 heavy (non-hydrogen) atoms. The lowest BCUT2D eigenvalue weighted by atomic mass is 10.2. The molecule has 4 nitrogen and oxygen atoms in total. The van der Waals surface area contributed by atoms with E-state index in [2.05, 4.69) is 4.98 Å². The maximum atomic E-state index is 10.6. The topological polar surface area (TPSA) is 82.0 Å². The molecule has 0 aliphatic carbocycles. The standard InChI is InChI=1S/C7H9N3O.ClH/c8-2-5-1-6(7(9)11)4-10-3-5;/h1,3-4H,2,8H2,(H2,9,11);1H. The van der Waals surface area contributed by atoms with Crippen LogP contribution in [0.3, 0.4) is 0 Å². The van der Waals surface area contributed by atoms with Gasteiger partial charge in [0.1, 0.15) is 0 Å². The molecule has 0 aromatic carbocycles. The molecule has 0 atom stereocenters. The van der Waals surface area contributed by atoms with Crippen LogP contribution in [0.25, 0.3) is 0 Å². The third kappa shape index (κ3) is 2.48. The summed E-state index contributed by atoms with van der Waals surface area (Å²) in [6.07, 6.45) is 3.02. The van der Waals surface area contributed by atoms with Crippen molar-refractivity contribution in [3.8, 4) is 0 Å². The van der Waals surface area contributed by atoms with Crippen LogP contribution in [-0.4, -0.2) is 10.9 Å². The first kappa shape index (κ1) is 10.9. The molecule has 1 heterocycles. The van der Waals surface area contributed by atoms with Gasteiger partial charge in [0.25, 0.3) is 0 Å². The van der Waals surface area contributed by atoms with Crippen molar-refractivity contribution < 1.29 is 4.79 Å². The third-order valence-corrected chi connectivity index (χ3v) is 1.32. The van der Waals surface area contributed by atoms with Crippen molar-refractivity contribution in [3.63, 3.8) is 0 Å². The summed E-state index contributed by atoms with van der Waals surface area (Å²) in [5.74, 6) is -0.479. The predicted octanol–water partition coefficient (Wildman–Crippen LogP) is 0.0610. The Morgan fingerprint density at radius 2 is 2.17 bits per heavy atom. The van der Waals surface area contributed by atoms with Crippen molar-refractivity contribution >= 4 is 18.3 Å². The molecule has 1 aromatic heterocycles. The fourth-order valence-electron chi connectivity index (χ4n) is 0.734. The van der Waals surface area contributed by atoms with Crippen LogP contribution in [0.4, 0.5) is 0 Å². The van der Waals surface area contributed by atoms with E-state index < -0.39 is 5.91 Å². The summed E-state index contributed by atoms with van der Waals surface area (Å²) in [7, 11) is 0. The summed E-state index contributed by atoms with van der Waals surface area (Å²) in [5.41, 5.74) is 11.5. The molecule has 66 valence electrons. The Kier molecular flexibility index (Phi) is 4.25. The first-order valence-electron chi connectivity index (χ1n) is 3.18. The van der Waals surface area contributed by atoms with Crippen molar-refractivity contribution in [3.05, 3.63) is 29.6 Å². The summed E-state index contributed by atoms with van der Waals surface area (Å²) >= 11 is 0. The van der Waals surface area contributed by atoms with Gasteiger partial charge in [-0.3, -0.25) is 9.78 Å². The van der Waals surface area contributed by atoms with E-state index >= 15 is 0 Å². The summed E-state index contributed by atoms with van der Waals surface area (Å²) in [6, 6.07) is 1.63. The van der Waals surface area contributed by atoms with E-state index in [0.717, 1.165) is 5.56 Å². The second kappa shape index (κ2) is 4.69. The van der Waals surface area contributed by atoms with Crippen LogP contribution in [-0.2, 0) is 6.54 Å². The number of nitrogens with two attached hydrogens (primary N) is 2. The van der Waals surface area contributed by atoms with Crippen LogP contribution in [0.15, 0.2) is 18.5 Å². The van der Waals surface area contributed by atoms with E-state index in [9.17, 15) is 4.79 Å². The number of pyridine rings is 1. The molecular formula is C7H10ClN3O. The zero-order valence-electron chi connectivity index (χ0n) is 6.36. The largest absolute Gasteiger partial charge is 0.366 e. The van der Waals surface area contributed by atoms with Gasteiger partial charge in [-0.25, -0.2) is 0 Å². The Hall–Kier alpha value is -1.13. The van der Waals surface area contributed by atoms with Gasteiger partial charge in [0, 0.05) is 18.9 Å². The minimum atomic E-state index is -0.479. The molecule has 0 aliphatic heterocycles. The first-order chi connectivity index (χ1) is 5.24. The van der Waals surface area contributed by atoms with E-state index in [1.54, 1.807) is 12.3 Å². The normalized spacial score (nSPS) is 8.75. The maximum absolute atomic E-state index is 10.6. The summed E-state index contributed by atoms with van der Waals surface area (Å²) < 4.78 is 0. The van der Waals surface area contributed by atoms with Gasteiger partial charge in [0.05, 0.1) is 5.56 Å². The lowest BCUT2D eigenvalue weighted by Gasteiger charge is -1.97. The monoisotopic (exact) mass is 187 g/mol. The van der Waals surface area contributed by atoms with Gasteiger partial charge in [0.2, 0.25) is 5.91 Å². The Morgan fingerprint density at radius 1 is 1.50 bits per heavy atom. The molecule has 0 spiro atoms. The van der Waals surface area contributed by atoms with Gasteiger partial charge in [-0.2, -0.15) is 0 Å². The van der Waals surface area contributed by atoms with Gasteiger partial charge in [-0.15, -0.1) is 12.4 Å².